The summed E-state index contributed by atoms with van der Waals surface area (Å²) in [6, 6.07) is 0. The number of hydrogen-bond acceptors (Lipinski definition) is 1. The van der Waals surface area contributed by atoms with Crippen LogP contribution in [0.3, 0.4) is 0 Å². The van der Waals surface area contributed by atoms with Crippen LogP contribution in [0.5, 0.6) is 0 Å². The van der Waals surface area contributed by atoms with E-state index in [-0.39, 0.29) is 5.37 Å². The molecule has 1 unspecified atom stereocenters. The summed E-state index contributed by atoms with van der Waals surface area (Å²) in [7, 11) is 0. The molecule has 0 heterocycles. The molecule has 0 aromatic carbocycles. The summed E-state index contributed by atoms with van der Waals surface area (Å²) in [6.45, 7) is 1.73. The Balaban J connectivity index is 2.81. The fourth-order valence-electron chi connectivity index (χ4n) is 0.0958. The van der Waals surface area contributed by atoms with Gasteiger partial charge < -0.3 is 5.32 Å². The van der Waals surface area contributed by atoms with Crippen molar-refractivity contribution in [3.8, 4) is 0 Å². The third-order valence-corrected chi connectivity index (χ3v) is 0.439. The molecule has 0 aromatic heterocycles. The van der Waals surface area contributed by atoms with Crippen molar-refractivity contribution >= 4 is 19.0 Å². The van der Waals surface area contributed by atoms with Gasteiger partial charge in [0.2, 0.25) is 6.41 Å². The predicted molar refractivity (Wildman–Crippen MR) is 26.3 cm³/mol. The Hall–Kier alpha value is -0.180. The molecule has 0 bridgehead atoms. The SMILES string of the molecule is CC([S])NC=O. The quantitative estimate of drug-likeness (QED) is 0.501. The number of hydrogen-bond donors (Lipinski definition) is 1. The lowest BCUT2D eigenvalue weighted by atomic mass is 10.8. The van der Waals surface area contributed by atoms with Crippen LogP contribution in [0.2, 0.25) is 0 Å². The second-order valence-corrected chi connectivity index (χ2v) is 1.63. The van der Waals surface area contributed by atoms with Gasteiger partial charge in [-0.1, -0.05) is 12.6 Å². The van der Waals surface area contributed by atoms with Crippen molar-refractivity contribution in [1.29, 1.82) is 0 Å². The zero-order chi connectivity index (χ0) is 4.99. The molecule has 1 atom stereocenters. The Bertz CT molecular complexity index is 46.1. The first kappa shape index (κ1) is 5.82. The Kier molecular flexibility index (Phi) is 2.94. The molecule has 0 spiro atoms. The molecule has 1 radical (unpaired) electrons. The van der Waals surface area contributed by atoms with E-state index in [1.807, 2.05) is 0 Å². The van der Waals surface area contributed by atoms with Gasteiger partial charge in [-0.05, 0) is 6.92 Å². The molecule has 6 heavy (non-hydrogen) atoms. The summed E-state index contributed by atoms with van der Waals surface area (Å²) < 4.78 is 0. The van der Waals surface area contributed by atoms with E-state index >= 15 is 0 Å². The van der Waals surface area contributed by atoms with E-state index in [2.05, 4.69) is 17.9 Å². The molecule has 3 heteroatoms. The zero-order valence-electron chi connectivity index (χ0n) is 3.47. The Morgan fingerprint density at radius 2 is 2.50 bits per heavy atom. The fourth-order valence-corrected chi connectivity index (χ4v) is 0.151. The molecule has 0 fully saturated rings. The number of carbonyl (C=O) groups is 1. The standard InChI is InChI=1S/C3H6NOS/c1-3(6)4-2-5/h2-3H,1H3,(H,4,5). The van der Waals surface area contributed by atoms with Gasteiger partial charge in [-0.25, -0.2) is 0 Å². The van der Waals surface area contributed by atoms with Crippen molar-refractivity contribution in [3.63, 3.8) is 0 Å². The van der Waals surface area contributed by atoms with Gasteiger partial charge >= 0.3 is 0 Å². The van der Waals surface area contributed by atoms with E-state index in [9.17, 15) is 4.79 Å². The fraction of sp³-hybridized carbons (Fsp3) is 0.667. The van der Waals surface area contributed by atoms with E-state index in [0.29, 0.717) is 6.41 Å². The average molecular weight is 104 g/mol. The maximum Gasteiger partial charge on any atom is 0.208 e. The first-order valence-electron chi connectivity index (χ1n) is 1.63. The number of rotatable bonds is 2. The molecule has 0 aliphatic carbocycles. The maximum absolute atomic E-state index is 9.44. The molecule has 1 N–H and O–H groups in total. The summed E-state index contributed by atoms with van der Waals surface area (Å²) in [5, 5.41) is 2.21. The zero-order valence-corrected chi connectivity index (χ0v) is 4.29. The lowest BCUT2D eigenvalue weighted by Crippen LogP contribution is -2.17. The Labute approximate surface area is 42.3 Å². The van der Waals surface area contributed by atoms with Crippen molar-refractivity contribution in [2.24, 2.45) is 0 Å². The lowest BCUT2D eigenvalue weighted by molar-refractivity contribution is -0.109. The molecule has 1 amide bonds. The van der Waals surface area contributed by atoms with Gasteiger partial charge in [0.25, 0.3) is 0 Å². The van der Waals surface area contributed by atoms with Gasteiger partial charge in [0.1, 0.15) is 0 Å². The molecule has 2 nitrogen and oxygen atoms in total. The van der Waals surface area contributed by atoms with Crippen LogP contribution in [0.1, 0.15) is 6.92 Å². The highest BCUT2D eigenvalue weighted by Crippen LogP contribution is 1.79. The minimum absolute atomic E-state index is 0.137. The van der Waals surface area contributed by atoms with E-state index < -0.39 is 0 Å². The van der Waals surface area contributed by atoms with Gasteiger partial charge in [-0.3, -0.25) is 4.79 Å². The predicted octanol–water partition coefficient (Wildman–Crippen LogP) is 0.276. The summed E-state index contributed by atoms with van der Waals surface area (Å²) >= 11 is 4.54. The summed E-state index contributed by atoms with van der Waals surface area (Å²) in [5.74, 6) is 0. The van der Waals surface area contributed by atoms with Crippen molar-refractivity contribution < 1.29 is 4.79 Å². The second-order valence-electron chi connectivity index (χ2n) is 0.927. The van der Waals surface area contributed by atoms with Gasteiger partial charge in [0.05, 0.1) is 5.37 Å². The van der Waals surface area contributed by atoms with Gasteiger partial charge in [0, 0.05) is 0 Å². The second kappa shape index (κ2) is 3.03. The molecule has 0 rings (SSSR count). The average Bonchev–Trinajstić information content (AvgIpc) is 1.35. The topological polar surface area (TPSA) is 29.1 Å². The highest BCUT2D eigenvalue weighted by atomic mass is 32.1. The van der Waals surface area contributed by atoms with Gasteiger partial charge in [0.15, 0.2) is 0 Å². The van der Waals surface area contributed by atoms with Crippen molar-refractivity contribution in [1.82, 2.24) is 5.32 Å². The van der Waals surface area contributed by atoms with E-state index in [0.717, 1.165) is 0 Å². The van der Waals surface area contributed by atoms with Crippen LogP contribution in [-0.2, 0) is 4.79 Å². The van der Waals surface area contributed by atoms with Gasteiger partial charge in [-0.2, -0.15) is 0 Å². The first-order valence-corrected chi connectivity index (χ1v) is 2.10. The largest absolute Gasteiger partial charge is 0.346 e. The van der Waals surface area contributed by atoms with E-state index in [1.54, 1.807) is 6.92 Å². The van der Waals surface area contributed by atoms with Crippen LogP contribution in [0.4, 0.5) is 0 Å². The summed E-state index contributed by atoms with van der Waals surface area (Å²) in [4.78, 5) is 9.44. The molecule has 0 aliphatic rings. The third-order valence-electron chi connectivity index (χ3n) is 0.303. The molecular weight excluding hydrogens is 98.1 g/mol. The summed E-state index contributed by atoms with van der Waals surface area (Å²) in [6.07, 6.45) is 0.595. The molecular formula is C3H6NOS. The first-order chi connectivity index (χ1) is 2.77. The normalized spacial score (nSPS) is 13.0. The van der Waals surface area contributed by atoms with E-state index in [4.69, 9.17) is 0 Å². The maximum atomic E-state index is 9.44. The smallest absolute Gasteiger partial charge is 0.208 e. The molecule has 35 valence electrons. The highest BCUT2D eigenvalue weighted by molar-refractivity contribution is 7.80. The van der Waals surface area contributed by atoms with Crippen LogP contribution >= 0.6 is 12.6 Å². The van der Waals surface area contributed by atoms with Crippen molar-refractivity contribution in [2.45, 2.75) is 12.3 Å². The molecule has 0 aromatic rings. The number of nitrogens with one attached hydrogen (secondary N) is 1. The molecule has 0 saturated carbocycles. The highest BCUT2D eigenvalue weighted by Gasteiger charge is 1.83. The Morgan fingerprint density at radius 3 is 2.50 bits per heavy atom. The van der Waals surface area contributed by atoms with Crippen molar-refractivity contribution in [2.75, 3.05) is 0 Å². The minimum atomic E-state index is -0.137. The monoisotopic (exact) mass is 104 g/mol. The third kappa shape index (κ3) is 3.82. The van der Waals surface area contributed by atoms with Gasteiger partial charge in [-0.15, -0.1) is 0 Å². The molecule has 0 saturated heterocycles. The Morgan fingerprint density at radius 1 is 2.00 bits per heavy atom. The minimum Gasteiger partial charge on any atom is -0.346 e. The number of amides is 1. The van der Waals surface area contributed by atoms with Crippen LogP contribution in [-0.4, -0.2) is 11.8 Å². The van der Waals surface area contributed by atoms with Crippen LogP contribution in [0.15, 0.2) is 0 Å². The number of carbonyl (C=O) groups excluding carboxylic acids is 1. The lowest BCUT2D eigenvalue weighted by Gasteiger charge is -1.93. The van der Waals surface area contributed by atoms with Crippen LogP contribution < -0.4 is 5.32 Å². The van der Waals surface area contributed by atoms with E-state index in [1.165, 1.54) is 0 Å². The van der Waals surface area contributed by atoms with Crippen LogP contribution in [0.25, 0.3) is 0 Å². The van der Waals surface area contributed by atoms with Crippen LogP contribution in [0, 0.1) is 0 Å². The van der Waals surface area contributed by atoms with Crippen molar-refractivity contribution in [3.05, 3.63) is 0 Å². The molecule has 0 aliphatic heterocycles. The summed E-state index contributed by atoms with van der Waals surface area (Å²) in [5.41, 5.74) is 0.